The molecule has 2 aliphatic rings. The van der Waals surface area contributed by atoms with E-state index in [1.165, 1.54) is 5.69 Å². The first kappa shape index (κ1) is 17.4. The van der Waals surface area contributed by atoms with Crippen LogP contribution in [0.4, 0.5) is 10.5 Å². The van der Waals surface area contributed by atoms with Gasteiger partial charge in [0.2, 0.25) is 0 Å². The minimum Gasteiger partial charge on any atom is -0.494 e. The van der Waals surface area contributed by atoms with Crippen LogP contribution in [0.5, 0.6) is 5.75 Å². The molecule has 2 atom stereocenters. The molecule has 0 N–H and O–H groups in total. The number of carbonyl (C=O) groups excluding carboxylic acids is 1. The predicted molar refractivity (Wildman–Crippen MR) is 96.6 cm³/mol. The normalized spacial score (nSPS) is 21.8. The first-order valence-electron chi connectivity index (χ1n) is 8.97. The lowest BCUT2D eigenvalue weighted by atomic mass is 10.0. The van der Waals surface area contributed by atoms with Crippen molar-refractivity contribution in [3.63, 3.8) is 0 Å². The van der Waals surface area contributed by atoms with Gasteiger partial charge in [0.05, 0.1) is 19.1 Å². The molecule has 2 heterocycles. The molecule has 3 rings (SSSR count). The molecule has 0 spiro atoms. The maximum atomic E-state index is 12.4. The molecule has 0 aromatic heterocycles. The molecule has 2 saturated heterocycles. The van der Waals surface area contributed by atoms with Crippen LogP contribution in [0.2, 0.25) is 0 Å². The number of benzene rings is 1. The van der Waals surface area contributed by atoms with E-state index in [1.54, 1.807) is 11.9 Å². The molecule has 1 aromatic rings. The van der Waals surface area contributed by atoms with Gasteiger partial charge in [0.15, 0.2) is 0 Å². The monoisotopic (exact) mass is 342 g/mol. The highest BCUT2D eigenvalue weighted by atomic mass is 16.5. The number of likely N-dealkylation sites (tertiary alicyclic amines) is 1. The van der Waals surface area contributed by atoms with Crippen molar-refractivity contribution in [3.8, 4) is 11.8 Å². The Balaban J connectivity index is 1.54. The third kappa shape index (κ3) is 3.81. The van der Waals surface area contributed by atoms with Gasteiger partial charge in [-0.25, -0.2) is 4.79 Å². The Kier molecular flexibility index (Phi) is 5.32. The summed E-state index contributed by atoms with van der Waals surface area (Å²) in [5.74, 6) is 1.96. The first-order chi connectivity index (χ1) is 12.1. The van der Waals surface area contributed by atoms with E-state index in [-0.39, 0.29) is 6.03 Å². The zero-order valence-electron chi connectivity index (χ0n) is 15.0. The maximum absolute atomic E-state index is 12.4. The molecule has 1 aromatic carbocycles. The van der Waals surface area contributed by atoms with E-state index < -0.39 is 0 Å². The fourth-order valence-electron chi connectivity index (χ4n) is 3.83. The van der Waals surface area contributed by atoms with Crippen molar-refractivity contribution >= 4 is 11.7 Å². The van der Waals surface area contributed by atoms with Crippen LogP contribution < -0.4 is 9.64 Å². The van der Waals surface area contributed by atoms with E-state index in [9.17, 15) is 4.79 Å². The highest BCUT2D eigenvalue weighted by Gasteiger charge is 2.42. The molecule has 2 fully saturated rings. The number of urea groups is 1. The lowest BCUT2D eigenvalue weighted by Gasteiger charge is -2.26. The summed E-state index contributed by atoms with van der Waals surface area (Å²) < 4.78 is 5.50. The second-order valence-corrected chi connectivity index (χ2v) is 6.87. The highest BCUT2D eigenvalue weighted by molar-refractivity contribution is 5.74. The second-order valence-electron chi connectivity index (χ2n) is 6.87. The Bertz CT molecular complexity index is 626. The summed E-state index contributed by atoms with van der Waals surface area (Å²) in [6.07, 6.45) is 0.383. The van der Waals surface area contributed by atoms with Crippen LogP contribution in [0, 0.1) is 23.2 Å². The fourth-order valence-corrected chi connectivity index (χ4v) is 3.83. The highest BCUT2D eigenvalue weighted by Crippen LogP contribution is 2.34. The topological polar surface area (TPSA) is 59.8 Å². The fraction of sp³-hybridized carbons (Fsp3) is 0.579. The SMILES string of the molecule is CCOc1ccc(N2C[C@H]3CN(C(=O)N(C)CCC#N)C[C@H]3C2)cc1. The molecule has 0 bridgehead atoms. The second kappa shape index (κ2) is 7.64. The van der Waals surface area contributed by atoms with Crippen LogP contribution in [0.25, 0.3) is 0 Å². The molecule has 0 radical (unpaired) electrons. The van der Waals surface area contributed by atoms with Crippen LogP contribution >= 0.6 is 0 Å². The van der Waals surface area contributed by atoms with Crippen molar-refractivity contribution in [2.45, 2.75) is 13.3 Å². The summed E-state index contributed by atoms with van der Waals surface area (Å²) in [7, 11) is 1.78. The average molecular weight is 342 g/mol. The summed E-state index contributed by atoms with van der Waals surface area (Å²) in [5, 5.41) is 8.66. The Morgan fingerprint density at radius 3 is 2.44 bits per heavy atom. The van der Waals surface area contributed by atoms with Gasteiger partial charge in [0.1, 0.15) is 5.75 Å². The van der Waals surface area contributed by atoms with E-state index in [0.717, 1.165) is 31.9 Å². The maximum Gasteiger partial charge on any atom is 0.319 e. The van der Waals surface area contributed by atoms with Crippen LogP contribution in [0.15, 0.2) is 24.3 Å². The predicted octanol–water partition coefficient (Wildman–Crippen LogP) is 2.42. The molecule has 6 heteroatoms. The van der Waals surface area contributed by atoms with Gasteiger partial charge in [-0.1, -0.05) is 0 Å². The van der Waals surface area contributed by atoms with Gasteiger partial charge in [0.25, 0.3) is 0 Å². The standard InChI is InChI=1S/C19H26N4O2/c1-3-25-18-7-5-17(6-8-18)22-11-15-13-23(14-16(15)12-22)19(24)21(2)10-4-9-20/h5-8,15-16H,3-4,10-14H2,1-2H3/t15-,16+. The molecule has 0 unspecified atom stereocenters. The minimum absolute atomic E-state index is 0.0530. The number of carbonyl (C=O) groups is 1. The van der Waals surface area contributed by atoms with Crippen molar-refractivity contribution in [1.82, 2.24) is 9.80 Å². The number of hydrogen-bond donors (Lipinski definition) is 0. The number of rotatable bonds is 5. The molecular formula is C19H26N4O2. The van der Waals surface area contributed by atoms with Crippen LogP contribution in [0.3, 0.4) is 0 Å². The van der Waals surface area contributed by atoms with Gasteiger partial charge in [0, 0.05) is 57.3 Å². The number of fused-ring (bicyclic) bond motifs is 1. The number of ether oxygens (including phenoxy) is 1. The van der Waals surface area contributed by atoms with Gasteiger partial charge in [-0.3, -0.25) is 0 Å². The van der Waals surface area contributed by atoms with Gasteiger partial charge in [-0.2, -0.15) is 5.26 Å². The van der Waals surface area contributed by atoms with E-state index in [1.807, 2.05) is 24.0 Å². The first-order valence-corrected chi connectivity index (χ1v) is 8.97. The number of nitrogens with zero attached hydrogens (tertiary/aromatic N) is 4. The van der Waals surface area contributed by atoms with Gasteiger partial charge in [-0.15, -0.1) is 0 Å². The van der Waals surface area contributed by atoms with E-state index in [4.69, 9.17) is 10.00 Å². The van der Waals surface area contributed by atoms with Gasteiger partial charge < -0.3 is 19.4 Å². The number of nitriles is 1. The molecule has 0 aliphatic carbocycles. The number of amides is 2. The molecule has 134 valence electrons. The van der Waals surface area contributed by atoms with Crippen LogP contribution in [0.1, 0.15) is 13.3 Å². The zero-order valence-corrected chi connectivity index (χ0v) is 15.0. The van der Waals surface area contributed by atoms with Crippen molar-refractivity contribution in [2.75, 3.05) is 51.3 Å². The van der Waals surface area contributed by atoms with Crippen LogP contribution in [-0.2, 0) is 0 Å². The summed E-state index contributed by atoms with van der Waals surface area (Å²) in [6, 6.07) is 10.4. The summed E-state index contributed by atoms with van der Waals surface area (Å²) in [4.78, 5) is 18.5. The largest absolute Gasteiger partial charge is 0.494 e. The molecule has 0 saturated carbocycles. The molecule has 2 amide bonds. The van der Waals surface area contributed by atoms with E-state index >= 15 is 0 Å². The van der Waals surface area contributed by atoms with Crippen molar-refractivity contribution in [1.29, 1.82) is 5.26 Å². The molecule has 6 nitrogen and oxygen atoms in total. The van der Waals surface area contributed by atoms with Crippen LogP contribution in [-0.4, -0.2) is 62.2 Å². The number of anilines is 1. The Hall–Kier alpha value is -2.42. The average Bonchev–Trinajstić information content (AvgIpc) is 3.19. The third-order valence-electron chi connectivity index (χ3n) is 5.16. The Labute approximate surface area is 149 Å². The van der Waals surface area contributed by atoms with E-state index in [0.29, 0.717) is 31.4 Å². The Morgan fingerprint density at radius 2 is 1.88 bits per heavy atom. The Morgan fingerprint density at radius 1 is 1.24 bits per heavy atom. The molecule has 2 aliphatic heterocycles. The third-order valence-corrected chi connectivity index (χ3v) is 5.16. The van der Waals surface area contributed by atoms with Crippen molar-refractivity contribution in [3.05, 3.63) is 24.3 Å². The van der Waals surface area contributed by atoms with Crippen molar-refractivity contribution in [2.24, 2.45) is 11.8 Å². The molecular weight excluding hydrogens is 316 g/mol. The van der Waals surface area contributed by atoms with Crippen molar-refractivity contribution < 1.29 is 9.53 Å². The zero-order chi connectivity index (χ0) is 17.8. The smallest absolute Gasteiger partial charge is 0.319 e. The lowest BCUT2D eigenvalue weighted by molar-refractivity contribution is 0.171. The summed E-state index contributed by atoms with van der Waals surface area (Å²) >= 11 is 0. The quantitative estimate of drug-likeness (QED) is 0.824. The summed E-state index contributed by atoms with van der Waals surface area (Å²) in [5.41, 5.74) is 1.22. The lowest BCUT2D eigenvalue weighted by Crippen LogP contribution is -2.41. The van der Waals surface area contributed by atoms with Gasteiger partial charge >= 0.3 is 6.03 Å². The van der Waals surface area contributed by atoms with E-state index in [2.05, 4.69) is 23.1 Å². The minimum atomic E-state index is 0.0530. The number of hydrogen-bond acceptors (Lipinski definition) is 4. The molecule has 25 heavy (non-hydrogen) atoms. The summed E-state index contributed by atoms with van der Waals surface area (Å²) in [6.45, 7) is 6.77. The van der Waals surface area contributed by atoms with Gasteiger partial charge in [-0.05, 0) is 31.2 Å².